The van der Waals surface area contributed by atoms with Crippen LogP contribution in [-0.2, 0) is 23.8 Å². The molecule has 0 saturated heterocycles. The zero-order valence-corrected chi connectivity index (χ0v) is 11.9. The topological polar surface area (TPSA) is 70.4 Å². The molecule has 0 unspecified atom stereocenters. The Morgan fingerprint density at radius 1 is 1.04 bits per heavy atom. The van der Waals surface area contributed by atoms with Gasteiger partial charge in [-0.2, -0.15) is 13.2 Å². The van der Waals surface area contributed by atoms with E-state index in [0.717, 1.165) is 12.1 Å². The maximum absolute atomic E-state index is 12.5. The number of hydrogen-bond donors (Lipinski definition) is 2. The van der Waals surface area contributed by atoms with E-state index in [1.807, 2.05) is 0 Å². The Balaban J connectivity index is 2.21. The van der Waals surface area contributed by atoms with Crippen molar-refractivity contribution in [3.05, 3.63) is 65.5 Å². The average Bonchev–Trinajstić information content (AvgIpc) is 2.47. The van der Waals surface area contributed by atoms with Crippen LogP contribution in [0.2, 0.25) is 0 Å². The number of carboxylic acids is 1. The third-order valence-electron chi connectivity index (χ3n) is 3.36. The zero-order chi connectivity index (χ0) is 17.1. The molecular formula is C16H14F3NO3. The van der Waals surface area contributed by atoms with Crippen LogP contribution in [0.15, 0.2) is 48.7 Å². The first-order chi connectivity index (χ1) is 10.7. The van der Waals surface area contributed by atoms with Crippen LogP contribution in [0.1, 0.15) is 16.8 Å². The lowest BCUT2D eigenvalue weighted by Crippen LogP contribution is -2.43. The van der Waals surface area contributed by atoms with Crippen molar-refractivity contribution in [3.8, 4) is 0 Å². The van der Waals surface area contributed by atoms with Gasteiger partial charge in [-0.15, -0.1) is 0 Å². The number of halogens is 3. The zero-order valence-electron chi connectivity index (χ0n) is 11.9. The van der Waals surface area contributed by atoms with Crippen molar-refractivity contribution < 1.29 is 28.2 Å². The lowest BCUT2D eigenvalue weighted by Gasteiger charge is -2.23. The Kier molecular flexibility index (Phi) is 4.70. The summed E-state index contributed by atoms with van der Waals surface area (Å²) in [7, 11) is 0. The summed E-state index contributed by atoms with van der Waals surface area (Å²) in [5.74, 6) is -1.46. The van der Waals surface area contributed by atoms with Crippen LogP contribution in [0.4, 0.5) is 13.2 Å². The monoisotopic (exact) mass is 325 g/mol. The van der Waals surface area contributed by atoms with E-state index in [1.165, 1.54) is 0 Å². The normalized spacial score (nSPS) is 14.3. The van der Waals surface area contributed by atoms with E-state index in [2.05, 4.69) is 4.98 Å². The number of hydrogen-bond acceptors (Lipinski definition) is 3. The van der Waals surface area contributed by atoms with Gasteiger partial charge in [-0.3, -0.25) is 4.98 Å². The molecule has 7 heteroatoms. The second kappa shape index (κ2) is 6.37. The molecule has 0 radical (unpaired) electrons. The van der Waals surface area contributed by atoms with E-state index in [0.29, 0.717) is 11.8 Å². The molecule has 0 saturated carbocycles. The van der Waals surface area contributed by atoms with E-state index in [4.69, 9.17) is 0 Å². The summed E-state index contributed by atoms with van der Waals surface area (Å²) in [5.41, 5.74) is -2.40. The predicted molar refractivity (Wildman–Crippen MR) is 75.7 cm³/mol. The lowest BCUT2D eigenvalue weighted by atomic mass is 9.89. The smallest absolute Gasteiger partial charge is 0.417 e. The summed E-state index contributed by atoms with van der Waals surface area (Å²) < 4.78 is 37.5. The first kappa shape index (κ1) is 17.0. The summed E-state index contributed by atoms with van der Waals surface area (Å²) in [6.07, 6.45) is -4.46. The highest BCUT2D eigenvalue weighted by atomic mass is 19.4. The van der Waals surface area contributed by atoms with Crippen molar-refractivity contribution in [2.24, 2.45) is 0 Å². The Hall–Kier alpha value is -2.41. The highest BCUT2D eigenvalue weighted by molar-refractivity contribution is 5.78. The number of aromatic nitrogens is 1. The summed E-state index contributed by atoms with van der Waals surface area (Å²) in [6, 6.07) is 10.4. The fourth-order valence-electron chi connectivity index (χ4n) is 2.14. The summed E-state index contributed by atoms with van der Waals surface area (Å²) in [4.78, 5) is 15.0. The van der Waals surface area contributed by atoms with Gasteiger partial charge in [0.25, 0.3) is 0 Å². The quantitative estimate of drug-likeness (QED) is 0.887. The van der Waals surface area contributed by atoms with Gasteiger partial charge in [0, 0.05) is 24.7 Å². The lowest BCUT2D eigenvalue weighted by molar-refractivity contribution is -0.158. The van der Waals surface area contributed by atoms with E-state index >= 15 is 0 Å². The predicted octanol–water partition coefficient (Wildman–Crippen LogP) is 2.70. The molecule has 122 valence electrons. The minimum atomic E-state index is -4.52. The molecule has 0 aliphatic carbocycles. The van der Waals surface area contributed by atoms with Crippen LogP contribution < -0.4 is 0 Å². The van der Waals surface area contributed by atoms with Gasteiger partial charge in [-0.1, -0.05) is 30.3 Å². The number of nitrogens with zero attached hydrogens (tertiary/aromatic N) is 1. The maximum atomic E-state index is 12.5. The molecule has 2 aromatic rings. The largest absolute Gasteiger partial charge is 0.479 e. The van der Waals surface area contributed by atoms with Crippen molar-refractivity contribution in [1.82, 2.24) is 4.98 Å². The molecule has 0 aliphatic rings. The van der Waals surface area contributed by atoms with E-state index in [1.54, 1.807) is 30.3 Å². The molecule has 0 bridgehead atoms. The van der Waals surface area contributed by atoms with Crippen LogP contribution in [0.5, 0.6) is 0 Å². The average molecular weight is 325 g/mol. The van der Waals surface area contributed by atoms with Crippen LogP contribution in [-0.4, -0.2) is 26.8 Å². The van der Waals surface area contributed by atoms with E-state index in [-0.39, 0.29) is 12.1 Å². The summed E-state index contributed by atoms with van der Waals surface area (Å²) >= 11 is 0. The van der Waals surface area contributed by atoms with Crippen LogP contribution >= 0.6 is 0 Å². The summed E-state index contributed by atoms with van der Waals surface area (Å²) in [6.45, 7) is 0. The number of carbonyl (C=O) groups is 1. The van der Waals surface area contributed by atoms with E-state index < -0.39 is 29.7 Å². The van der Waals surface area contributed by atoms with Crippen molar-refractivity contribution >= 4 is 5.97 Å². The van der Waals surface area contributed by atoms with Crippen molar-refractivity contribution in [2.75, 3.05) is 0 Å². The molecule has 23 heavy (non-hydrogen) atoms. The molecular weight excluding hydrogens is 311 g/mol. The second-order valence-electron chi connectivity index (χ2n) is 5.21. The van der Waals surface area contributed by atoms with Crippen LogP contribution in [0.3, 0.4) is 0 Å². The minimum Gasteiger partial charge on any atom is -0.479 e. The minimum absolute atomic E-state index is 0.0684. The second-order valence-corrected chi connectivity index (χ2v) is 5.21. The molecule has 4 nitrogen and oxygen atoms in total. The van der Waals surface area contributed by atoms with Gasteiger partial charge < -0.3 is 10.2 Å². The Labute approximate surface area is 130 Å². The standard InChI is InChI=1S/C16H14F3NO3/c17-16(18,19)12-6-7-13(20-10-12)9-15(23,14(21)22)8-11-4-2-1-3-5-11/h1-7,10,23H,8-9H2,(H,21,22)/t15-/m1/s1. The molecule has 1 aromatic heterocycles. The highest BCUT2D eigenvalue weighted by Gasteiger charge is 2.37. The third-order valence-corrected chi connectivity index (χ3v) is 3.36. The molecule has 0 aliphatic heterocycles. The first-order valence-corrected chi connectivity index (χ1v) is 6.72. The van der Waals surface area contributed by atoms with Crippen molar-refractivity contribution in [3.63, 3.8) is 0 Å². The molecule has 2 rings (SSSR count). The summed E-state index contributed by atoms with van der Waals surface area (Å²) in [5, 5.41) is 19.6. The SMILES string of the molecule is O=C(O)[C@@](O)(Cc1ccccc1)Cc1ccc(C(F)(F)F)cn1. The highest BCUT2D eigenvalue weighted by Crippen LogP contribution is 2.29. The number of alkyl halides is 3. The molecule has 0 amide bonds. The number of aliphatic carboxylic acids is 1. The number of rotatable bonds is 5. The molecule has 0 fully saturated rings. The van der Waals surface area contributed by atoms with Crippen molar-refractivity contribution in [2.45, 2.75) is 24.6 Å². The van der Waals surface area contributed by atoms with Gasteiger partial charge >= 0.3 is 12.1 Å². The maximum Gasteiger partial charge on any atom is 0.417 e. The first-order valence-electron chi connectivity index (χ1n) is 6.72. The van der Waals surface area contributed by atoms with Gasteiger partial charge in [-0.05, 0) is 17.7 Å². The van der Waals surface area contributed by atoms with Crippen molar-refractivity contribution in [1.29, 1.82) is 0 Å². The van der Waals surface area contributed by atoms with E-state index in [9.17, 15) is 28.2 Å². The third kappa shape index (κ3) is 4.29. The number of carboxylic acid groups (broad SMARTS) is 1. The Morgan fingerprint density at radius 3 is 2.17 bits per heavy atom. The number of aliphatic hydroxyl groups is 1. The fourth-order valence-corrected chi connectivity index (χ4v) is 2.14. The number of benzene rings is 1. The van der Waals surface area contributed by atoms with Crippen LogP contribution in [0.25, 0.3) is 0 Å². The van der Waals surface area contributed by atoms with Gasteiger partial charge in [0.2, 0.25) is 0 Å². The van der Waals surface area contributed by atoms with Crippen LogP contribution in [0, 0.1) is 0 Å². The molecule has 1 heterocycles. The van der Waals surface area contributed by atoms with Gasteiger partial charge in [0.1, 0.15) is 0 Å². The van der Waals surface area contributed by atoms with Gasteiger partial charge in [-0.25, -0.2) is 4.79 Å². The molecule has 2 N–H and O–H groups in total. The molecule has 1 aromatic carbocycles. The Bertz CT molecular complexity index is 671. The number of pyridine rings is 1. The fraction of sp³-hybridized carbons (Fsp3) is 0.250. The van der Waals surface area contributed by atoms with Gasteiger partial charge in [0.05, 0.1) is 5.56 Å². The Morgan fingerprint density at radius 2 is 1.70 bits per heavy atom. The molecule has 1 atom stereocenters. The molecule has 0 spiro atoms. The van der Waals surface area contributed by atoms with Gasteiger partial charge in [0.15, 0.2) is 5.60 Å².